The summed E-state index contributed by atoms with van der Waals surface area (Å²) in [4.78, 5) is 23.9. The highest BCUT2D eigenvalue weighted by atomic mass is 16.5. The minimum Gasteiger partial charge on any atom is -0.468 e. The van der Waals surface area contributed by atoms with Crippen molar-refractivity contribution in [2.75, 3.05) is 14.2 Å². The van der Waals surface area contributed by atoms with Crippen LogP contribution in [0.25, 0.3) is 0 Å². The van der Waals surface area contributed by atoms with Gasteiger partial charge in [-0.2, -0.15) is 0 Å². The summed E-state index contributed by atoms with van der Waals surface area (Å²) in [5, 5.41) is 0. The van der Waals surface area contributed by atoms with Crippen LogP contribution < -0.4 is 0 Å². The Morgan fingerprint density at radius 2 is 1.76 bits per heavy atom. The molecule has 0 bridgehead atoms. The number of carbonyl (C=O) groups is 2. The van der Waals surface area contributed by atoms with E-state index in [9.17, 15) is 9.59 Å². The van der Waals surface area contributed by atoms with Crippen molar-refractivity contribution in [3.05, 3.63) is 24.3 Å². The van der Waals surface area contributed by atoms with Crippen LogP contribution in [-0.4, -0.2) is 26.2 Å². The quantitative estimate of drug-likeness (QED) is 0.554. The Morgan fingerprint density at radius 1 is 1.18 bits per heavy atom. The first-order valence-electron chi connectivity index (χ1n) is 5.66. The number of esters is 2. The lowest BCUT2D eigenvalue weighted by Gasteiger charge is -2.33. The average Bonchev–Trinajstić information content (AvgIpc) is 2.38. The lowest BCUT2D eigenvalue weighted by molar-refractivity contribution is -0.168. The Hall–Kier alpha value is -1.58. The maximum absolute atomic E-state index is 12.0. The minimum atomic E-state index is -1.33. The molecule has 1 atom stereocenters. The third kappa shape index (κ3) is 2.25. The molecule has 4 nitrogen and oxygen atoms in total. The number of hydrogen-bond donors (Lipinski definition) is 0. The standard InChI is InChI=1S/C13H18O4/c1-4-7-10-8-5-6-9-13(10,11(14)16-2)12(15)17-3/h5-6,8-10H,4,7H2,1-3H3. The summed E-state index contributed by atoms with van der Waals surface area (Å²) >= 11 is 0. The third-order valence-corrected chi connectivity index (χ3v) is 3.04. The van der Waals surface area contributed by atoms with Crippen molar-refractivity contribution in [3.63, 3.8) is 0 Å². The summed E-state index contributed by atoms with van der Waals surface area (Å²) in [7, 11) is 2.56. The number of methoxy groups -OCH3 is 2. The number of hydrogen-bond acceptors (Lipinski definition) is 4. The first kappa shape index (κ1) is 13.5. The Labute approximate surface area is 101 Å². The van der Waals surface area contributed by atoms with E-state index in [1.54, 1.807) is 12.2 Å². The summed E-state index contributed by atoms with van der Waals surface area (Å²) < 4.78 is 9.54. The van der Waals surface area contributed by atoms with Crippen molar-refractivity contribution in [3.8, 4) is 0 Å². The van der Waals surface area contributed by atoms with Crippen molar-refractivity contribution in [2.45, 2.75) is 19.8 Å². The van der Waals surface area contributed by atoms with Crippen LogP contribution in [0, 0.1) is 11.3 Å². The van der Waals surface area contributed by atoms with Gasteiger partial charge in [0, 0.05) is 5.92 Å². The first-order chi connectivity index (χ1) is 8.13. The van der Waals surface area contributed by atoms with Crippen LogP contribution in [0.3, 0.4) is 0 Å². The number of allylic oxidation sites excluding steroid dienone is 3. The van der Waals surface area contributed by atoms with Gasteiger partial charge < -0.3 is 9.47 Å². The van der Waals surface area contributed by atoms with E-state index in [2.05, 4.69) is 0 Å². The summed E-state index contributed by atoms with van der Waals surface area (Å²) in [6.07, 6.45) is 8.55. The fourth-order valence-corrected chi connectivity index (χ4v) is 2.18. The summed E-state index contributed by atoms with van der Waals surface area (Å²) in [6.45, 7) is 2.01. The maximum Gasteiger partial charge on any atom is 0.327 e. The van der Waals surface area contributed by atoms with Crippen LogP contribution in [0.1, 0.15) is 19.8 Å². The molecule has 0 radical (unpaired) electrons. The maximum atomic E-state index is 12.0. The van der Waals surface area contributed by atoms with Crippen molar-refractivity contribution in [1.29, 1.82) is 0 Å². The van der Waals surface area contributed by atoms with E-state index in [4.69, 9.17) is 9.47 Å². The molecular weight excluding hydrogens is 220 g/mol. The van der Waals surface area contributed by atoms with Gasteiger partial charge in [-0.1, -0.05) is 37.6 Å². The normalized spacial score (nSPS) is 21.0. The van der Waals surface area contributed by atoms with Crippen LogP contribution in [-0.2, 0) is 19.1 Å². The molecule has 1 aliphatic carbocycles. The third-order valence-electron chi connectivity index (χ3n) is 3.04. The molecule has 0 aromatic heterocycles. The molecular formula is C13H18O4. The minimum absolute atomic E-state index is 0.211. The summed E-state index contributed by atoms with van der Waals surface area (Å²) in [5.74, 6) is -1.34. The number of rotatable bonds is 4. The molecule has 0 saturated carbocycles. The second kappa shape index (κ2) is 5.66. The van der Waals surface area contributed by atoms with Crippen LogP contribution in [0.4, 0.5) is 0 Å². The molecule has 0 N–H and O–H groups in total. The van der Waals surface area contributed by atoms with E-state index in [-0.39, 0.29) is 5.92 Å². The molecule has 0 aliphatic heterocycles. The van der Waals surface area contributed by atoms with Crippen LogP contribution >= 0.6 is 0 Å². The van der Waals surface area contributed by atoms with Crippen molar-refractivity contribution >= 4 is 11.9 Å². The fourth-order valence-electron chi connectivity index (χ4n) is 2.18. The predicted molar refractivity (Wildman–Crippen MR) is 63.1 cm³/mol. The molecule has 94 valence electrons. The SMILES string of the molecule is CCCC1C=CC=CC1(C(=O)OC)C(=O)OC. The van der Waals surface area contributed by atoms with Gasteiger partial charge in [-0.25, -0.2) is 0 Å². The largest absolute Gasteiger partial charge is 0.468 e. The molecule has 0 aromatic carbocycles. The lowest BCUT2D eigenvalue weighted by atomic mass is 9.70. The van der Waals surface area contributed by atoms with Gasteiger partial charge in [0.15, 0.2) is 5.41 Å². The van der Waals surface area contributed by atoms with Gasteiger partial charge in [0.1, 0.15) is 0 Å². The fraction of sp³-hybridized carbons (Fsp3) is 0.538. The smallest absolute Gasteiger partial charge is 0.327 e. The summed E-state index contributed by atoms with van der Waals surface area (Å²) in [5.41, 5.74) is -1.33. The highest BCUT2D eigenvalue weighted by Gasteiger charge is 2.51. The highest BCUT2D eigenvalue weighted by molar-refractivity contribution is 6.03. The van der Waals surface area contributed by atoms with Crippen LogP contribution in [0.5, 0.6) is 0 Å². The van der Waals surface area contributed by atoms with E-state index in [1.807, 2.05) is 19.1 Å². The van der Waals surface area contributed by atoms with Gasteiger partial charge in [0.05, 0.1) is 14.2 Å². The first-order valence-corrected chi connectivity index (χ1v) is 5.66. The van der Waals surface area contributed by atoms with Gasteiger partial charge in [0.2, 0.25) is 0 Å². The Balaban J connectivity index is 3.19. The van der Waals surface area contributed by atoms with E-state index < -0.39 is 17.4 Å². The molecule has 0 fully saturated rings. The summed E-state index contributed by atoms with van der Waals surface area (Å²) in [6, 6.07) is 0. The Bertz CT molecular complexity index is 338. The molecule has 1 unspecified atom stereocenters. The molecule has 1 rings (SSSR count). The van der Waals surface area contributed by atoms with Gasteiger partial charge in [-0.3, -0.25) is 9.59 Å². The molecule has 0 heterocycles. The molecule has 17 heavy (non-hydrogen) atoms. The van der Waals surface area contributed by atoms with Crippen molar-refractivity contribution < 1.29 is 19.1 Å². The van der Waals surface area contributed by atoms with E-state index in [1.165, 1.54) is 14.2 Å². The molecule has 0 amide bonds. The zero-order valence-electron chi connectivity index (χ0n) is 10.4. The van der Waals surface area contributed by atoms with Gasteiger partial charge in [0.25, 0.3) is 0 Å². The van der Waals surface area contributed by atoms with E-state index in [0.717, 1.165) is 12.8 Å². The van der Waals surface area contributed by atoms with Crippen LogP contribution in [0.15, 0.2) is 24.3 Å². The lowest BCUT2D eigenvalue weighted by Crippen LogP contribution is -2.46. The zero-order chi connectivity index (χ0) is 12.9. The molecule has 0 spiro atoms. The van der Waals surface area contributed by atoms with Gasteiger partial charge >= 0.3 is 11.9 Å². The average molecular weight is 238 g/mol. The molecule has 4 heteroatoms. The second-order valence-corrected chi connectivity index (χ2v) is 3.99. The highest BCUT2D eigenvalue weighted by Crippen LogP contribution is 2.39. The van der Waals surface area contributed by atoms with Crippen LogP contribution in [0.2, 0.25) is 0 Å². The zero-order valence-corrected chi connectivity index (χ0v) is 10.4. The van der Waals surface area contributed by atoms with Crippen molar-refractivity contribution in [1.82, 2.24) is 0 Å². The predicted octanol–water partition coefficient (Wildman–Crippen LogP) is 1.86. The molecule has 0 saturated heterocycles. The molecule has 1 aliphatic rings. The molecule has 0 aromatic rings. The number of carbonyl (C=O) groups excluding carboxylic acids is 2. The number of ether oxygens (including phenoxy) is 2. The van der Waals surface area contributed by atoms with Gasteiger partial charge in [-0.05, 0) is 6.42 Å². The van der Waals surface area contributed by atoms with E-state index in [0.29, 0.717) is 0 Å². The van der Waals surface area contributed by atoms with E-state index >= 15 is 0 Å². The van der Waals surface area contributed by atoms with Gasteiger partial charge in [-0.15, -0.1) is 0 Å². The Morgan fingerprint density at radius 3 is 2.24 bits per heavy atom. The Kier molecular flexibility index (Phi) is 4.49. The monoisotopic (exact) mass is 238 g/mol. The topological polar surface area (TPSA) is 52.6 Å². The second-order valence-electron chi connectivity index (χ2n) is 3.99. The van der Waals surface area contributed by atoms with Crippen molar-refractivity contribution in [2.24, 2.45) is 11.3 Å².